The minimum atomic E-state index is -1.07. The Morgan fingerprint density at radius 3 is 1.71 bits per heavy atom. The largest absolute Gasteiger partial charge is 0.328 e. The molecule has 3 nitrogen and oxygen atoms in total. The van der Waals surface area contributed by atoms with E-state index in [-0.39, 0.29) is 12.2 Å². The van der Waals surface area contributed by atoms with Gasteiger partial charge >= 0.3 is 0 Å². The maximum absolute atomic E-state index is 5.95. The molecule has 2 fully saturated rings. The average molecular weight is 241 g/mol. The second-order valence-corrected chi connectivity index (χ2v) is 5.16. The Kier molecular flexibility index (Phi) is 4.83. The first-order valence-corrected chi connectivity index (χ1v) is 7.07. The van der Waals surface area contributed by atoms with E-state index in [1.165, 1.54) is 25.7 Å². The Hall–Kier alpha value is -0.120. The van der Waals surface area contributed by atoms with Crippen molar-refractivity contribution < 1.29 is 14.2 Å². The molecule has 0 unspecified atom stereocenters. The molecule has 1 radical (unpaired) electrons. The smallest absolute Gasteiger partial charge is 0.283 e. The number of hydrogen-bond donors (Lipinski definition) is 0. The van der Waals surface area contributed by atoms with Crippen LogP contribution in [0.3, 0.4) is 0 Å². The summed E-state index contributed by atoms with van der Waals surface area (Å²) in [6.07, 6.45) is 9.95. The van der Waals surface area contributed by atoms with Crippen LogP contribution in [-0.4, -0.2) is 24.8 Å². The van der Waals surface area contributed by atoms with Gasteiger partial charge in [0, 0.05) is 13.5 Å². The number of hydrogen-bond acceptors (Lipinski definition) is 3. The monoisotopic (exact) mass is 241 g/mol. The molecule has 2 saturated carbocycles. The van der Waals surface area contributed by atoms with Gasteiger partial charge in [-0.1, -0.05) is 25.7 Å². The minimum absolute atomic E-state index is 0.264. The Morgan fingerprint density at radius 1 is 0.941 bits per heavy atom. The van der Waals surface area contributed by atoms with Gasteiger partial charge in [-0.15, -0.1) is 0 Å². The first-order valence-electron chi connectivity index (χ1n) is 7.07. The lowest BCUT2D eigenvalue weighted by Crippen LogP contribution is -2.41. The fraction of sp³-hybridized carbons (Fsp3) is 0.929. The van der Waals surface area contributed by atoms with Crippen LogP contribution in [0.5, 0.6) is 0 Å². The molecule has 17 heavy (non-hydrogen) atoms. The van der Waals surface area contributed by atoms with Gasteiger partial charge in [0.1, 0.15) is 0 Å². The van der Waals surface area contributed by atoms with Crippen LogP contribution < -0.4 is 0 Å². The molecule has 0 atom stereocenters. The van der Waals surface area contributed by atoms with Crippen molar-refractivity contribution in [3.8, 4) is 0 Å². The van der Waals surface area contributed by atoms with Gasteiger partial charge in [-0.25, -0.2) is 0 Å². The molecule has 0 aromatic rings. The van der Waals surface area contributed by atoms with Crippen molar-refractivity contribution >= 4 is 0 Å². The van der Waals surface area contributed by atoms with E-state index >= 15 is 0 Å². The van der Waals surface area contributed by atoms with Crippen LogP contribution >= 0.6 is 0 Å². The number of ether oxygens (including phenoxy) is 3. The molecule has 0 spiro atoms. The van der Waals surface area contributed by atoms with Crippen molar-refractivity contribution in [3.05, 3.63) is 6.92 Å². The highest BCUT2D eigenvalue weighted by molar-refractivity contribution is 4.75. The molecule has 3 heteroatoms. The molecule has 2 aliphatic rings. The van der Waals surface area contributed by atoms with Crippen LogP contribution in [0.25, 0.3) is 0 Å². The molecule has 0 aliphatic heterocycles. The van der Waals surface area contributed by atoms with E-state index in [0.717, 1.165) is 25.7 Å². The Bertz CT molecular complexity index is 200. The highest BCUT2D eigenvalue weighted by Gasteiger charge is 2.35. The van der Waals surface area contributed by atoms with E-state index in [0.29, 0.717) is 6.61 Å². The predicted octanol–water partition coefficient (Wildman–Crippen LogP) is 3.43. The topological polar surface area (TPSA) is 27.7 Å². The molecule has 0 saturated heterocycles. The van der Waals surface area contributed by atoms with Gasteiger partial charge in [0.15, 0.2) is 0 Å². The standard InChI is InChI=1S/C14H25O3/c1-3-15-14(2,16-12-8-4-5-9-12)17-13-10-6-7-11-13/h12-13H,2-11H2,1H3. The van der Waals surface area contributed by atoms with Crippen LogP contribution in [-0.2, 0) is 14.2 Å². The maximum atomic E-state index is 5.95. The zero-order valence-corrected chi connectivity index (χ0v) is 11.0. The molecule has 0 heterocycles. The lowest BCUT2D eigenvalue weighted by Gasteiger charge is -2.34. The maximum Gasteiger partial charge on any atom is 0.283 e. The van der Waals surface area contributed by atoms with Crippen molar-refractivity contribution in [1.82, 2.24) is 0 Å². The molecule has 0 aromatic heterocycles. The second kappa shape index (κ2) is 6.17. The van der Waals surface area contributed by atoms with Crippen LogP contribution in [0.4, 0.5) is 0 Å². The van der Waals surface area contributed by atoms with Gasteiger partial charge in [0.05, 0.1) is 12.2 Å². The van der Waals surface area contributed by atoms with E-state index in [2.05, 4.69) is 6.92 Å². The normalized spacial score (nSPS) is 23.6. The summed E-state index contributed by atoms with van der Waals surface area (Å²) in [6, 6.07) is 0. The zero-order chi connectivity index (χ0) is 12.1. The molecule has 2 aliphatic carbocycles. The molecule has 0 amide bonds. The SMILES string of the molecule is [CH2]C(OCC)(OC1CCCC1)OC1CCCC1. The molecule has 0 N–H and O–H groups in total. The third-order valence-corrected chi connectivity index (χ3v) is 3.66. The van der Waals surface area contributed by atoms with Crippen LogP contribution in [0, 0.1) is 6.92 Å². The van der Waals surface area contributed by atoms with Crippen molar-refractivity contribution in [2.24, 2.45) is 0 Å². The fourth-order valence-electron chi connectivity index (χ4n) is 2.84. The summed E-state index contributed by atoms with van der Waals surface area (Å²) in [5, 5.41) is 0. The van der Waals surface area contributed by atoms with Gasteiger partial charge in [-0.05, 0) is 32.6 Å². The van der Waals surface area contributed by atoms with Crippen LogP contribution in [0.2, 0.25) is 0 Å². The van der Waals surface area contributed by atoms with Crippen molar-refractivity contribution in [1.29, 1.82) is 0 Å². The molecule has 0 bridgehead atoms. The van der Waals surface area contributed by atoms with Gasteiger partial charge in [0.2, 0.25) is 0 Å². The molecular weight excluding hydrogens is 216 g/mol. The van der Waals surface area contributed by atoms with Crippen LogP contribution in [0.15, 0.2) is 0 Å². The summed E-state index contributed by atoms with van der Waals surface area (Å²) in [5.41, 5.74) is 0. The highest BCUT2D eigenvalue weighted by atomic mass is 16.9. The fourth-order valence-corrected chi connectivity index (χ4v) is 2.84. The Morgan fingerprint density at radius 2 is 1.35 bits per heavy atom. The van der Waals surface area contributed by atoms with E-state index in [1.807, 2.05) is 6.92 Å². The van der Waals surface area contributed by atoms with Gasteiger partial charge in [0.25, 0.3) is 5.97 Å². The van der Waals surface area contributed by atoms with E-state index in [1.54, 1.807) is 0 Å². The second-order valence-electron chi connectivity index (χ2n) is 5.16. The Balaban J connectivity index is 1.86. The summed E-state index contributed by atoms with van der Waals surface area (Å²) in [6.45, 7) is 6.55. The van der Waals surface area contributed by atoms with Gasteiger partial charge in [-0.3, -0.25) is 0 Å². The lowest BCUT2D eigenvalue weighted by molar-refractivity contribution is -0.377. The summed E-state index contributed by atoms with van der Waals surface area (Å²) in [5.74, 6) is -1.07. The molecule has 99 valence electrons. The van der Waals surface area contributed by atoms with Crippen molar-refractivity contribution in [2.45, 2.75) is 76.5 Å². The molecular formula is C14H25O3. The van der Waals surface area contributed by atoms with E-state index < -0.39 is 5.97 Å². The predicted molar refractivity (Wildman–Crippen MR) is 66.4 cm³/mol. The third-order valence-electron chi connectivity index (χ3n) is 3.66. The average Bonchev–Trinajstić information content (AvgIpc) is 2.91. The summed E-state index contributed by atoms with van der Waals surface area (Å²) in [7, 11) is 0. The summed E-state index contributed by atoms with van der Waals surface area (Å²) >= 11 is 0. The quantitative estimate of drug-likeness (QED) is 0.667. The van der Waals surface area contributed by atoms with E-state index in [9.17, 15) is 0 Å². The first kappa shape index (κ1) is 13.3. The number of rotatable bonds is 6. The zero-order valence-electron chi connectivity index (χ0n) is 11.0. The molecule has 0 aromatic carbocycles. The third kappa shape index (κ3) is 3.94. The lowest BCUT2D eigenvalue weighted by atomic mass is 10.3. The van der Waals surface area contributed by atoms with Crippen molar-refractivity contribution in [3.63, 3.8) is 0 Å². The van der Waals surface area contributed by atoms with Crippen molar-refractivity contribution in [2.75, 3.05) is 6.61 Å². The highest BCUT2D eigenvalue weighted by Crippen LogP contribution is 2.31. The Labute approximate surface area is 105 Å². The van der Waals surface area contributed by atoms with E-state index in [4.69, 9.17) is 14.2 Å². The molecule has 2 rings (SSSR count). The van der Waals surface area contributed by atoms with Crippen LogP contribution in [0.1, 0.15) is 58.3 Å². The first-order chi connectivity index (χ1) is 8.22. The summed E-state index contributed by atoms with van der Waals surface area (Å²) < 4.78 is 17.5. The van der Waals surface area contributed by atoms with Gasteiger partial charge in [-0.2, -0.15) is 0 Å². The van der Waals surface area contributed by atoms with Gasteiger partial charge < -0.3 is 14.2 Å². The minimum Gasteiger partial charge on any atom is -0.328 e. The summed E-state index contributed by atoms with van der Waals surface area (Å²) in [4.78, 5) is 0.